The lowest BCUT2D eigenvalue weighted by molar-refractivity contribution is 0.273. The number of aromatic amines is 1. The highest BCUT2D eigenvalue weighted by molar-refractivity contribution is 5.91. The molecule has 31 heavy (non-hydrogen) atoms. The summed E-state index contributed by atoms with van der Waals surface area (Å²) in [5.74, 6) is 3.17. The minimum absolute atomic E-state index is 0.203. The minimum atomic E-state index is 0.203. The zero-order chi connectivity index (χ0) is 21.5. The Morgan fingerprint density at radius 3 is 2.52 bits per heavy atom. The Balaban J connectivity index is 1.63. The normalized spacial score (nSPS) is 22.6. The number of hydrogen-bond donors (Lipinski definition) is 2. The lowest BCUT2D eigenvalue weighted by Gasteiger charge is -2.41. The van der Waals surface area contributed by atoms with Gasteiger partial charge in [-0.2, -0.15) is 0 Å². The third kappa shape index (κ3) is 3.45. The Morgan fingerprint density at radius 1 is 0.935 bits per heavy atom. The smallest absolute Gasteiger partial charge is 0.143 e. The molecular formula is C26H32N2O3. The molecule has 164 valence electrons. The molecule has 0 saturated heterocycles. The summed E-state index contributed by atoms with van der Waals surface area (Å²) in [6.45, 7) is 2.15. The number of ether oxygens (including phenoxy) is 3. The molecule has 1 aliphatic carbocycles. The summed E-state index contributed by atoms with van der Waals surface area (Å²) in [7, 11) is 5.17. The molecule has 0 radical (unpaired) electrons. The maximum absolute atomic E-state index is 5.75. The molecule has 0 bridgehead atoms. The van der Waals surface area contributed by atoms with Gasteiger partial charge in [0.2, 0.25) is 0 Å². The molecule has 0 amide bonds. The molecule has 3 unspecified atom stereocenters. The van der Waals surface area contributed by atoms with Gasteiger partial charge in [-0.25, -0.2) is 0 Å². The number of H-pyrrole nitrogens is 1. The van der Waals surface area contributed by atoms with Crippen LogP contribution in [0.15, 0.2) is 30.3 Å². The topological polar surface area (TPSA) is 55.5 Å². The molecule has 5 nitrogen and oxygen atoms in total. The van der Waals surface area contributed by atoms with Crippen molar-refractivity contribution in [3.63, 3.8) is 0 Å². The third-order valence-corrected chi connectivity index (χ3v) is 7.13. The second kappa shape index (κ2) is 8.12. The van der Waals surface area contributed by atoms with E-state index in [-0.39, 0.29) is 6.04 Å². The van der Waals surface area contributed by atoms with E-state index in [1.165, 1.54) is 53.5 Å². The summed E-state index contributed by atoms with van der Waals surface area (Å²) < 4.78 is 16.8. The Bertz CT molecular complexity index is 1100. The number of methoxy groups -OCH3 is 3. The fourth-order valence-electron chi connectivity index (χ4n) is 5.70. The number of aromatic nitrogens is 1. The van der Waals surface area contributed by atoms with Crippen LogP contribution < -0.4 is 19.5 Å². The van der Waals surface area contributed by atoms with Crippen LogP contribution in [-0.2, 0) is 6.42 Å². The van der Waals surface area contributed by atoms with Gasteiger partial charge in [0.25, 0.3) is 0 Å². The SMILES string of the molecule is COc1ccc(CC2NC3CCCCC3c3c2[nH]c2c(OC)cc(C)cc32)c(OC)c1. The number of nitrogens with one attached hydrogen (secondary N) is 2. The van der Waals surface area contributed by atoms with Crippen molar-refractivity contribution in [2.75, 3.05) is 21.3 Å². The Labute approximate surface area is 184 Å². The average Bonchev–Trinajstić information content (AvgIpc) is 3.18. The fraction of sp³-hybridized carbons (Fsp3) is 0.462. The third-order valence-electron chi connectivity index (χ3n) is 7.13. The largest absolute Gasteiger partial charge is 0.497 e. The molecule has 3 aromatic rings. The van der Waals surface area contributed by atoms with Crippen molar-refractivity contribution in [2.24, 2.45) is 0 Å². The quantitative estimate of drug-likeness (QED) is 0.579. The monoisotopic (exact) mass is 420 g/mol. The van der Waals surface area contributed by atoms with E-state index in [0.29, 0.717) is 12.0 Å². The highest BCUT2D eigenvalue weighted by Crippen LogP contribution is 2.47. The zero-order valence-electron chi connectivity index (χ0n) is 18.9. The van der Waals surface area contributed by atoms with E-state index >= 15 is 0 Å². The highest BCUT2D eigenvalue weighted by atomic mass is 16.5. The molecule has 2 N–H and O–H groups in total. The van der Waals surface area contributed by atoms with Crippen molar-refractivity contribution in [1.82, 2.24) is 10.3 Å². The van der Waals surface area contributed by atoms with Crippen molar-refractivity contribution in [2.45, 2.75) is 57.0 Å². The van der Waals surface area contributed by atoms with Crippen LogP contribution in [0.25, 0.3) is 10.9 Å². The van der Waals surface area contributed by atoms with Gasteiger partial charge < -0.3 is 24.5 Å². The molecule has 1 saturated carbocycles. The second-order valence-electron chi connectivity index (χ2n) is 8.94. The molecule has 5 heteroatoms. The molecule has 5 rings (SSSR count). The summed E-state index contributed by atoms with van der Waals surface area (Å²) in [6.07, 6.45) is 5.93. The van der Waals surface area contributed by atoms with Crippen LogP contribution in [0.1, 0.15) is 60.0 Å². The van der Waals surface area contributed by atoms with Gasteiger partial charge in [0.15, 0.2) is 0 Å². The molecule has 0 spiro atoms. The van der Waals surface area contributed by atoms with Gasteiger partial charge in [0, 0.05) is 29.1 Å². The lowest BCUT2D eigenvalue weighted by atomic mass is 9.74. The molecule has 1 aliphatic heterocycles. The summed E-state index contributed by atoms with van der Waals surface area (Å²) >= 11 is 0. The van der Waals surface area contributed by atoms with Crippen LogP contribution >= 0.6 is 0 Å². The van der Waals surface area contributed by atoms with Crippen molar-refractivity contribution in [3.05, 3.63) is 52.7 Å². The standard InChI is InChI=1S/C26H32N2O3/c1-15-11-19-24-18-7-5-6-8-20(18)27-21(26(24)28-25(19)23(12-15)31-4)13-16-9-10-17(29-2)14-22(16)30-3/h9-12,14,18,20-21,27-28H,5-8,13H2,1-4H3. The summed E-state index contributed by atoms with van der Waals surface area (Å²) in [5, 5.41) is 5.32. The van der Waals surface area contributed by atoms with E-state index in [9.17, 15) is 0 Å². The van der Waals surface area contributed by atoms with Gasteiger partial charge >= 0.3 is 0 Å². The van der Waals surface area contributed by atoms with Gasteiger partial charge in [-0.1, -0.05) is 18.9 Å². The van der Waals surface area contributed by atoms with Gasteiger partial charge in [-0.3, -0.25) is 0 Å². The first kappa shape index (κ1) is 20.3. The maximum Gasteiger partial charge on any atom is 0.143 e. The predicted octanol–water partition coefficient (Wildman–Crippen LogP) is 5.42. The van der Waals surface area contributed by atoms with Crippen LogP contribution in [0.4, 0.5) is 0 Å². The van der Waals surface area contributed by atoms with Crippen LogP contribution in [0.3, 0.4) is 0 Å². The molecule has 1 aromatic heterocycles. The first-order chi connectivity index (χ1) is 15.1. The molecule has 2 aromatic carbocycles. The second-order valence-corrected chi connectivity index (χ2v) is 8.94. The van der Waals surface area contributed by atoms with Gasteiger partial charge in [-0.15, -0.1) is 0 Å². The first-order valence-corrected chi connectivity index (χ1v) is 11.3. The number of fused-ring (bicyclic) bond motifs is 5. The Morgan fingerprint density at radius 2 is 1.74 bits per heavy atom. The number of aryl methyl sites for hydroxylation is 1. The van der Waals surface area contributed by atoms with Crippen LogP contribution in [0.5, 0.6) is 17.2 Å². The number of rotatable bonds is 5. The van der Waals surface area contributed by atoms with E-state index in [1.54, 1.807) is 21.3 Å². The lowest BCUT2D eigenvalue weighted by Crippen LogP contribution is -2.44. The molecule has 2 heterocycles. The first-order valence-electron chi connectivity index (χ1n) is 11.3. The summed E-state index contributed by atoms with van der Waals surface area (Å²) in [5.41, 5.74) is 6.35. The minimum Gasteiger partial charge on any atom is -0.497 e. The molecule has 3 atom stereocenters. The van der Waals surface area contributed by atoms with Crippen molar-refractivity contribution >= 4 is 10.9 Å². The Hall–Kier alpha value is -2.66. The fourth-order valence-corrected chi connectivity index (χ4v) is 5.70. The van der Waals surface area contributed by atoms with E-state index in [2.05, 4.69) is 35.4 Å². The zero-order valence-corrected chi connectivity index (χ0v) is 18.9. The summed E-state index contributed by atoms with van der Waals surface area (Å²) in [4.78, 5) is 3.77. The number of hydrogen-bond acceptors (Lipinski definition) is 4. The van der Waals surface area contributed by atoms with Crippen molar-refractivity contribution in [3.8, 4) is 17.2 Å². The van der Waals surface area contributed by atoms with Crippen LogP contribution in [0, 0.1) is 6.92 Å². The summed E-state index contributed by atoms with van der Waals surface area (Å²) in [6, 6.07) is 11.3. The predicted molar refractivity (Wildman–Crippen MR) is 124 cm³/mol. The van der Waals surface area contributed by atoms with Crippen LogP contribution in [0.2, 0.25) is 0 Å². The van der Waals surface area contributed by atoms with Crippen molar-refractivity contribution < 1.29 is 14.2 Å². The molecular weight excluding hydrogens is 388 g/mol. The van der Waals surface area contributed by atoms with Gasteiger partial charge in [-0.05, 0) is 61.1 Å². The van der Waals surface area contributed by atoms with E-state index in [0.717, 1.165) is 29.2 Å². The van der Waals surface area contributed by atoms with Gasteiger partial charge in [0.1, 0.15) is 17.2 Å². The maximum atomic E-state index is 5.75. The van der Waals surface area contributed by atoms with E-state index in [1.807, 2.05) is 12.1 Å². The highest BCUT2D eigenvalue weighted by Gasteiger charge is 2.39. The van der Waals surface area contributed by atoms with Crippen LogP contribution in [-0.4, -0.2) is 32.4 Å². The van der Waals surface area contributed by atoms with E-state index < -0.39 is 0 Å². The average molecular weight is 421 g/mol. The van der Waals surface area contributed by atoms with Gasteiger partial charge in [0.05, 0.1) is 32.9 Å². The van der Waals surface area contributed by atoms with Crippen molar-refractivity contribution in [1.29, 1.82) is 0 Å². The Kier molecular flexibility index (Phi) is 5.30. The number of benzene rings is 2. The molecule has 1 fully saturated rings. The molecule has 2 aliphatic rings. The van der Waals surface area contributed by atoms with E-state index in [4.69, 9.17) is 14.2 Å².